The highest BCUT2D eigenvalue weighted by Gasteiger charge is 2.24. The Morgan fingerprint density at radius 3 is 2.65 bits per heavy atom. The molecule has 0 spiro atoms. The van der Waals surface area contributed by atoms with Crippen LogP contribution in [0, 0.1) is 6.92 Å². The maximum Gasteiger partial charge on any atom is 0.263 e. The molecule has 1 atom stereocenters. The van der Waals surface area contributed by atoms with Gasteiger partial charge in [-0.3, -0.25) is 9.59 Å². The van der Waals surface area contributed by atoms with E-state index in [9.17, 15) is 9.59 Å². The average molecular weight is 275 g/mol. The van der Waals surface area contributed by atoms with Gasteiger partial charge in [0, 0.05) is 13.1 Å². The van der Waals surface area contributed by atoms with Crippen molar-refractivity contribution in [1.29, 1.82) is 0 Å². The lowest BCUT2D eigenvalue weighted by Crippen LogP contribution is -2.43. The van der Waals surface area contributed by atoms with Crippen LogP contribution >= 0.6 is 0 Å². The van der Waals surface area contributed by atoms with E-state index in [0.29, 0.717) is 11.3 Å². The third kappa shape index (κ3) is 3.38. The molecule has 1 aromatic carbocycles. The molecule has 0 aromatic heterocycles. The second kappa shape index (κ2) is 6.55. The van der Waals surface area contributed by atoms with E-state index in [0.717, 1.165) is 37.8 Å². The van der Waals surface area contributed by atoms with Gasteiger partial charge in [-0.2, -0.15) is 0 Å². The second-order valence-electron chi connectivity index (χ2n) is 5.31. The molecular weight excluding hydrogens is 254 g/mol. The monoisotopic (exact) mass is 275 g/mol. The second-order valence-corrected chi connectivity index (χ2v) is 5.31. The number of benzene rings is 1. The minimum Gasteiger partial charge on any atom is -0.480 e. The van der Waals surface area contributed by atoms with E-state index in [-0.39, 0.29) is 5.91 Å². The van der Waals surface area contributed by atoms with Gasteiger partial charge in [-0.05, 0) is 45.2 Å². The Morgan fingerprint density at radius 1 is 1.30 bits per heavy atom. The van der Waals surface area contributed by atoms with Crippen molar-refractivity contribution in [2.75, 3.05) is 13.1 Å². The minimum atomic E-state index is -0.561. The van der Waals surface area contributed by atoms with E-state index in [1.807, 2.05) is 17.9 Å². The third-order valence-electron chi connectivity index (χ3n) is 3.61. The van der Waals surface area contributed by atoms with Crippen LogP contribution in [-0.2, 0) is 4.79 Å². The number of hydrogen-bond donors (Lipinski definition) is 0. The smallest absolute Gasteiger partial charge is 0.263 e. The number of amides is 1. The maximum atomic E-state index is 12.3. The lowest BCUT2D eigenvalue weighted by atomic mass is 10.1. The number of likely N-dealkylation sites (tertiary alicyclic amines) is 1. The zero-order valence-electron chi connectivity index (χ0n) is 12.1. The van der Waals surface area contributed by atoms with Crippen molar-refractivity contribution in [1.82, 2.24) is 4.90 Å². The SMILES string of the molecule is Cc1ccc(OC(C)C(=O)N2CCCCC2)c(C=O)c1. The van der Waals surface area contributed by atoms with Crippen LogP contribution in [0.25, 0.3) is 0 Å². The standard InChI is InChI=1S/C16H21NO3/c1-12-6-7-15(14(10-12)11-18)20-13(2)16(19)17-8-4-3-5-9-17/h6-7,10-11,13H,3-5,8-9H2,1-2H3. The number of aryl methyl sites for hydroxylation is 1. The zero-order valence-corrected chi connectivity index (χ0v) is 12.1. The molecule has 0 radical (unpaired) electrons. The fraction of sp³-hybridized carbons (Fsp3) is 0.500. The summed E-state index contributed by atoms with van der Waals surface area (Å²) in [5.74, 6) is 0.477. The molecule has 0 aliphatic carbocycles. The summed E-state index contributed by atoms with van der Waals surface area (Å²) < 4.78 is 5.68. The van der Waals surface area contributed by atoms with Gasteiger partial charge in [-0.1, -0.05) is 11.6 Å². The molecule has 1 aliphatic rings. The molecule has 4 heteroatoms. The van der Waals surface area contributed by atoms with Gasteiger partial charge in [0.1, 0.15) is 5.75 Å². The Labute approximate surface area is 119 Å². The Hall–Kier alpha value is -1.84. The van der Waals surface area contributed by atoms with Crippen LogP contribution in [0.4, 0.5) is 0 Å². The Kier molecular flexibility index (Phi) is 4.77. The summed E-state index contributed by atoms with van der Waals surface area (Å²) in [5, 5.41) is 0. The number of aldehydes is 1. The van der Waals surface area contributed by atoms with Crippen LogP contribution in [0.3, 0.4) is 0 Å². The first-order valence-electron chi connectivity index (χ1n) is 7.13. The molecule has 1 fully saturated rings. The Morgan fingerprint density at radius 2 is 2.00 bits per heavy atom. The Bertz CT molecular complexity index is 492. The van der Waals surface area contributed by atoms with Gasteiger partial charge >= 0.3 is 0 Å². The van der Waals surface area contributed by atoms with E-state index < -0.39 is 6.10 Å². The number of nitrogens with zero attached hydrogens (tertiary/aromatic N) is 1. The molecule has 1 aromatic rings. The maximum absolute atomic E-state index is 12.3. The molecule has 20 heavy (non-hydrogen) atoms. The van der Waals surface area contributed by atoms with E-state index >= 15 is 0 Å². The van der Waals surface area contributed by atoms with Crippen molar-refractivity contribution in [2.45, 2.75) is 39.2 Å². The molecule has 0 bridgehead atoms. The van der Waals surface area contributed by atoms with Crippen molar-refractivity contribution in [3.05, 3.63) is 29.3 Å². The number of rotatable bonds is 4. The number of carbonyl (C=O) groups excluding carboxylic acids is 2. The van der Waals surface area contributed by atoms with Gasteiger partial charge < -0.3 is 9.64 Å². The van der Waals surface area contributed by atoms with Gasteiger partial charge in [0.2, 0.25) is 0 Å². The van der Waals surface area contributed by atoms with Crippen LogP contribution in [0.2, 0.25) is 0 Å². The first-order valence-corrected chi connectivity index (χ1v) is 7.13. The van der Waals surface area contributed by atoms with Crippen molar-refractivity contribution in [3.63, 3.8) is 0 Å². The van der Waals surface area contributed by atoms with Crippen LogP contribution in [-0.4, -0.2) is 36.3 Å². The summed E-state index contributed by atoms with van der Waals surface area (Å²) >= 11 is 0. The van der Waals surface area contributed by atoms with Crippen LogP contribution in [0.1, 0.15) is 42.1 Å². The summed E-state index contributed by atoms with van der Waals surface area (Å²) in [6.45, 7) is 5.27. The van der Waals surface area contributed by atoms with Crippen LogP contribution in [0.5, 0.6) is 5.75 Å². The largest absolute Gasteiger partial charge is 0.480 e. The fourth-order valence-electron chi connectivity index (χ4n) is 2.48. The number of hydrogen-bond acceptors (Lipinski definition) is 3. The first kappa shape index (κ1) is 14.6. The first-order chi connectivity index (χ1) is 9.61. The van der Waals surface area contributed by atoms with Crippen molar-refractivity contribution < 1.29 is 14.3 Å². The quantitative estimate of drug-likeness (QED) is 0.793. The fourth-order valence-corrected chi connectivity index (χ4v) is 2.48. The van der Waals surface area contributed by atoms with Gasteiger partial charge in [-0.25, -0.2) is 0 Å². The molecule has 0 saturated carbocycles. The van der Waals surface area contributed by atoms with Crippen molar-refractivity contribution >= 4 is 12.2 Å². The highest BCUT2D eigenvalue weighted by Crippen LogP contribution is 2.20. The molecule has 1 aliphatic heterocycles. The zero-order chi connectivity index (χ0) is 14.5. The summed E-state index contributed by atoms with van der Waals surface area (Å²) in [6, 6.07) is 5.39. The summed E-state index contributed by atoms with van der Waals surface area (Å²) in [6.07, 6.45) is 3.51. The summed E-state index contributed by atoms with van der Waals surface area (Å²) in [7, 11) is 0. The topological polar surface area (TPSA) is 46.6 Å². The molecule has 0 N–H and O–H groups in total. The normalized spacial score (nSPS) is 16.6. The molecule has 1 amide bonds. The van der Waals surface area contributed by atoms with E-state index in [1.54, 1.807) is 19.1 Å². The minimum absolute atomic E-state index is 0.00197. The molecule has 1 unspecified atom stereocenters. The molecule has 1 heterocycles. The highest BCUT2D eigenvalue weighted by molar-refractivity contribution is 5.82. The molecular formula is C16H21NO3. The van der Waals surface area contributed by atoms with Crippen LogP contribution in [0.15, 0.2) is 18.2 Å². The molecule has 1 saturated heterocycles. The summed E-state index contributed by atoms with van der Waals surface area (Å²) in [4.78, 5) is 25.2. The lowest BCUT2D eigenvalue weighted by Gasteiger charge is -2.29. The number of ether oxygens (including phenoxy) is 1. The molecule has 108 valence electrons. The van der Waals surface area contributed by atoms with Gasteiger partial charge in [0.25, 0.3) is 5.91 Å². The van der Waals surface area contributed by atoms with Crippen molar-refractivity contribution in [2.24, 2.45) is 0 Å². The average Bonchev–Trinajstić information content (AvgIpc) is 2.49. The lowest BCUT2D eigenvalue weighted by molar-refractivity contribution is -0.138. The van der Waals surface area contributed by atoms with Gasteiger partial charge in [0.15, 0.2) is 12.4 Å². The number of piperidine rings is 1. The molecule has 4 nitrogen and oxygen atoms in total. The van der Waals surface area contributed by atoms with E-state index in [1.165, 1.54) is 6.42 Å². The van der Waals surface area contributed by atoms with Crippen molar-refractivity contribution in [3.8, 4) is 5.75 Å². The predicted octanol–water partition coefficient (Wildman–Crippen LogP) is 2.59. The van der Waals surface area contributed by atoms with E-state index in [4.69, 9.17) is 4.74 Å². The Balaban J connectivity index is 2.05. The predicted molar refractivity (Wildman–Crippen MR) is 77.1 cm³/mol. The van der Waals surface area contributed by atoms with Crippen LogP contribution < -0.4 is 4.74 Å². The van der Waals surface area contributed by atoms with E-state index in [2.05, 4.69) is 0 Å². The third-order valence-corrected chi connectivity index (χ3v) is 3.61. The summed E-state index contributed by atoms with van der Waals surface area (Å²) in [5.41, 5.74) is 1.48. The molecule has 2 rings (SSSR count). The highest BCUT2D eigenvalue weighted by atomic mass is 16.5. The van der Waals surface area contributed by atoms with Gasteiger partial charge in [-0.15, -0.1) is 0 Å². The van der Waals surface area contributed by atoms with Gasteiger partial charge in [0.05, 0.1) is 5.56 Å². The number of carbonyl (C=O) groups is 2.